The van der Waals surface area contributed by atoms with Crippen molar-refractivity contribution >= 4 is 29.2 Å². The molecule has 1 aromatic heterocycles. The Bertz CT molecular complexity index is 986. The van der Waals surface area contributed by atoms with Gasteiger partial charge in [0, 0.05) is 31.5 Å². The van der Waals surface area contributed by atoms with E-state index in [4.69, 9.17) is 11.6 Å². The van der Waals surface area contributed by atoms with Crippen molar-refractivity contribution in [1.29, 1.82) is 0 Å². The number of ether oxygens (including phenoxy) is 1. The van der Waals surface area contributed by atoms with E-state index in [1.165, 1.54) is 6.07 Å². The molecule has 33 heavy (non-hydrogen) atoms. The highest BCUT2D eigenvalue weighted by Gasteiger charge is 2.30. The van der Waals surface area contributed by atoms with E-state index in [-0.39, 0.29) is 34.3 Å². The Morgan fingerprint density at radius 1 is 1.27 bits per heavy atom. The molecule has 1 atom stereocenters. The van der Waals surface area contributed by atoms with E-state index in [1.807, 2.05) is 31.2 Å². The van der Waals surface area contributed by atoms with Crippen LogP contribution in [-0.2, 0) is 0 Å². The molecule has 7 nitrogen and oxygen atoms in total. The van der Waals surface area contributed by atoms with E-state index in [2.05, 4.69) is 20.4 Å². The van der Waals surface area contributed by atoms with Crippen LogP contribution in [0.25, 0.3) is 0 Å². The quantitative estimate of drug-likeness (QED) is 0.624. The van der Waals surface area contributed by atoms with Crippen LogP contribution in [-0.4, -0.2) is 54.2 Å². The van der Waals surface area contributed by atoms with E-state index in [1.54, 1.807) is 4.90 Å². The molecule has 178 valence electrons. The van der Waals surface area contributed by atoms with Gasteiger partial charge in [0.2, 0.25) is 5.88 Å². The maximum atomic E-state index is 12.8. The lowest BCUT2D eigenvalue weighted by Crippen LogP contribution is -2.44. The first-order valence-electron chi connectivity index (χ1n) is 10.4. The molecule has 11 heteroatoms. The molecule has 2 heterocycles. The van der Waals surface area contributed by atoms with Crippen LogP contribution in [0.2, 0.25) is 5.02 Å². The molecule has 1 saturated heterocycles. The number of carbonyl (C=O) groups excluding carboxylic acids is 2. The van der Waals surface area contributed by atoms with Gasteiger partial charge in [-0.1, -0.05) is 29.3 Å². The summed E-state index contributed by atoms with van der Waals surface area (Å²) in [6, 6.07) is 8.35. The van der Waals surface area contributed by atoms with Crippen molar-refractivity contribution in [2.45, 2.75) is 25.9 Å². The number of nitrogens with one attached hydrogen (secondary N) is 2. The fourth-order valence-electron chi connectivity index (χ4n) is 3.45. The smallest absolute Gasteiger partial charge is 0.422 e. The van der Waals surface area contributed by atoms with Gasteiger partial charge in [-0.2, -0.15) is 13.2 Å². The minimum atomic E-state index is -4.52. The van der Waals surface area contributed by atoms with E-state index >= 15 is 0 Å². The number of amides is 3. The highest BCUT2D eigenvalue weighted by molar-refractivity contribution is 6.32. The Hall–Kier alpha value is -3.01. The van der Waals surface area contributed by atoms with Gasteiger partial charge >= 0.3 is 12.2 Å². The van der Waals surface area contributed by atoms with Crippen molar-refractivity contribution in [3.63, 3.8) is 0 Å². The highest BCUT2D eigenvalue weighted by Crippen LogP contribution is 2.26. The van der Waals surface area contributed by atoms with E-state index < -0.39 is 12.8 Å². The number of carbonyl (C=O) groups is 2. The van der Waals surface area contributed by atoms with Crippen LogP contribution in [0.1, 0.15) is 28.8 Å². The van der Waals surface area contributed by atoms with Crippen molar-refractivity contribution < 1.29 is 27.5 Å². The Morgan fingerprint density at radius 2 is 2.00 bits per heavy atom. The monoisotopic (exact) mass is 484 g/mol. The summed E-state index contributed by atoms with van der Waals surface area (Å²) in [5, 5.41) is 5.42. The molecule has 0 aliphatic carbocycles. The molecule has 0 saturated carbocycles. The van der Waals surface area contributed by atoms with Crippen LogP contribution in [0, 0.1) is 12.8 Å². The van der Waals surface area contributed by atoms with Crippen LogP contribution in [0.5, 0.6) is 5.88 Å². The van der Waals surface area contributed by atoms with Gasteiger partial charge in [0.05, 0.1) is 5.56 Å². The van der Waals surface area contributed by atoms with Crippen LogP contribution >= 0.6 is 11.6 Å². The number of nitrogens with zero attached hydrogens (tertiary/aromatic N) is 2. The van der Waals surface area contributed by atoms with Gasteiger partial charge in [0.15, 0.2) is 6.61 Å². The molecule has 0 spiro atoms. The first-order valence-corrected chi connectivity index (χ1v) is 10.7. The number of alkyl halides is 3. The first kappa shape index (κ1) is 24.6. The number of pyridine rings is 1. The molecule has 1 aromatic carbocycles. The molecule has 2 aromatic rings. The SMILES string of the molecule is Cc1ccc(NC(=O)NCC2CCCN(C(=O)c3cnc(OCC(F)(F)F)c(Cl)c3)C2)cc1. The van der Waals surface area contributed by atoms with Gasteiger partial charge in [0.25, 0.3) is 5.91 Å². The number of aromatic nitrogens is 1. The molecule has 1 fully saturated rings. The third-order valence-corrected chi connectivity index (χ3v) is 5.36. The predicted octanol–water partition coefficient (Wildman–Crippen LogP) is 4.66. The molecule has 3 rings (SSSR count). The zero-order valence-corrected chi connectivity index (χ0v) is 18.7. The molecule has 0 radical (unpaired) electrons. The van der Waals surface area contributed by atoms with Crippen LogP contribution < -0.4 is 15.4 Å². The highest BCUT2D eigenvalue weighted by atomic mass is 35.5. The number of benzene rings is 1. The standard InChI is InChI=1S/C22H24ClF3N4O3/c1-14-4-6-17(7-5-14)29-21(32)28-10-15-3-2-8-30(12-15)20(31)16-9-18(23)19(27-11-16)33-13-22(24,25)26/h4-7,9,11,15H,2-3,8,10,12-13H2,1H3,(H2,28,29,32). The molecule has 0 bridgehead atoms. The number of hydrogen-bond donors (Lipinski definition) is 2. The van der Waals surface area contributed by atoms with Crippen molar-refractivity contribution in [2.75, 3.05) is 31.6 Å². The fourth-order valence-corrected chi connectivity index (χ4v) is 3.67. The molecule has 1 aliphatic heterocycles. The lowest BCUT2D eigenvalue weighted by Gasteiger charge is -2.33. The van der Waals surface area contributed by atoms with Crippen LogP contribution in [0.3, 0.4) is 0 Å². The number of urea groups is 1. The molecule has 3 amide bonds. The Morgan fingerprint density at radius 3 is 2.67 bits per heavy atom. The third kappa shape index (κ3) is 7.52. The van der Waals surface area contributed by atoms with Crippen molar-refractivity contribution in [2.24, 2.45) is 5.92 Å². The maximum absolute atomic E-state index is 12.8. The summed E-state index contributed by atoms with van der Waals surface area (Å²) in [6.07, 6.45) is -1.77. The van der Waals surface area contributed by atoms with E-state index in [0.29, 0.717) is 25.3 Å². The molecular formula is C22H24ClF3N4O3. The van der Waals surface area contributed by atoms with Crippen LogP contribution in [0.15, 0.2) is 36.5 Å². The second-order valence-corrected chi connectivity index (χ2v) is 8.28. The summed E-state index contributed by atoms with van der Waals surface area (Å²) in [5.74, 6) is -0.657. The number of likely N-dealkylation sites (tertiary alicyclic amines) is 1. The summed E-state index contributed by atoms with van der Waals surface area (Å²) < 4.78 is 41.5. The second kappa shape index (κ2) is 10.7. The third-order valence-electron chi connectivity index (χ3n) is 5.09. The molecule has 1 unspecified atom stereocenters. The molecule has 1 aliphatic rings. The zero-order valence-electron chi connectivity index (χ0n) is 17.9. The van der Waals surface area contributed by atoms with Crippen molar-refractivity contribution in [3.8, 4) is 5.88 Å². The topological polar surface area (TPSA) is 83.6 Å². The Balaban J connectivity index is 1.52. The van der Waals surface area contributed by atoms with E-state index in [0.717, 1.165) is 24.6 Å². The minimum absolute atomic E-state index is 0.0595. The lowest BCUT2D eigenvalue weighted by molar-refractivity contribution is -0.154. The first-order chi connectivity index (χ1) is 15.6. The summed E-state index contributed by atoms with van der Waals surface area (Å²) in [7, 11) is 0. The average Bonchev–Trinajstić information content (AvgIpc) is 2.77. The molecular weight excluding hydrogens is 461 g/mol. The predicted molar refractivity (Wildman–Crippen MR) is 118 cm³/mol. The number of piperidine rings is 1. The summed E-state index contributed by atoms with van der Waals surface area (Å²) in [5.41, 5.74) is 1.93. The summed E-state index contributed by atoms with van der Waals surface area (Å²) in [4.78, 5) is 30.4. The maximum Gasteiger partial charge on any atom is 0.422 e. The van der Waals surface area contributed by atoms with Crippen LogP contribution in [0.4, 0.5) is 23.7 Å². The normalized spacial score (nSPS) is 16.3. The van der Waals surface area contributed by atoms with Gasteiger partial charge in [0.1, 0.15) is 5.02 Å². The largest absolute Gasteiger partial charge is 0.467 e. The lowest BCUT2D eigenvalue weighted by atomic mass is 9.97. The van der Waals surface area contributed by atoms with Crippen molar-refractivity contribution in [3.05, 3.63) is 52.7 Å². The van der Waals surface area contributed by atoms with E-state index in [9.17, 15) is 22.8 Å². The van der Waals surface area contributed by atoms with Gasteiger partial charge in [-0.3, -0.25) is 4.79 Å². The van der Waals surface area contributed by atoms with Crippen molar-refractivity contribution in [1.82, 2.24) is 15.2 Å². The second-order valence-electron chi connectivity index (χ2n) is 7.88. The zero-order chi connectivity index (χ0) is 24.0. The minimum Gasteiger partial charge on any atom is -0.467 e. The van der Waals surface area contributed by atoms with Gasteiger partial charge in [-0.25, -0.2) is 9.78 Å². The van der Waals surface area contributed by atoms with Gasteiger partial charge < -0.3 is 20.3 Å². The average molecular weight is 485 g/mol. The fraction of sp³-hybridized carbons (Fsp3) is 0.409. The Kier molecular flexibility index (Phi) is 8.01. The Labute approximate surface area is 194 Å². The summed E-state index contributed by atoms with van der Waals surface area (Å²) >= 11 is 5.95. The van der Waals surface area contributed by atoms with Gasteiger partial charge in [-0.05, 0) is 43.9 Å². The number of aryl methyl sites for hydroxylation is 1. The molecule has 2 N–H and O–H groups in total. The number of rotatable bonds is 6. The number of hydrogen-bond acceptors (Lipinski definition) is 4. The van der Waals surface area contributed by atoms with Gasteiger partial charge in [-0.15, -0.1) is 0 Å². The number of anilines is 1. The summed E-state index contributed by atoms with van der Waals surface area (Å²) in [6.45, 7) is 1.78. The number of halogens is 4.